The molecule has 2 N–H and O–H groups in total. The second kappa shape index (κ2) is 7.08. The van der Waals surface area contributed by atoms with E-state index in [2.05, 4.69) is 0 Å². The van der Waals surface area contributed by atoms with E-state index >= 15 is 0 Å². The van der Waals surface area contributed by atoms with E-state index in [1.807, 2.05) is 61.5 Å². The number of aliphatic hydroxyl groups excluding tert-OH is 2. The van der Waals surface area contributed by atoms with Gasteiger partial charge < -0.3 is 14.9 Å². The van der Waals surface area contributed by atoms with Gasteiger partial charge in [0.15, 0.2) is 0 Å². The Balaban J connectivity index is 2.04. The predicted molar refractivity (Wildman–Crippen MR) is 78.6 cm³/mol. The lowest BCUT2D eigenvalue weighted by molar-refractivity contribution is 0.103. The maximum atomic E-state index is 10.1. The van der Waals surface area contributed by atoms with Crippen molar-refractivity contribution in [2.24, 2.45) is 0 Å². The topological polar surface area (TPSA) is 49.7 Å². The number of aliphatic hydroxyl groups is 2. The molecule has 0 aliphatic rings. The Morgan fingerprint density at radius 1 is 0.900 bits per heavy atom. The molecule has 0 aliphatic carbocycles. The van der Waals surface area contributed by atoms with E-state index in [4.69, 9.17) is 4.74 Å². The molecule has 0 bridgehead atoms. The van der Waals surface area contributed by atoms with Crippen molar-refractivity contribution in [2.75, 3.05) is 6.61 Å². The lowest BCUT2D eigenvalue weighted by Gasteiger charge is -2.17. The highest BCUT2D eigenvalue weighted by Gasteiger charge is 2.13. The van der Waals surface area contributed by atoms with Crippen molar-refractivity contribution in [2.45, 2.75) is 25.6 Å². The van der Waals surface area contributed by atoms with Crippen LogP contribution in [0, 0.1) is 0 Å². The average Bonchev–Trinajstić information content (AvgIpc) is 2.53. The van der Waals surface area contributed by atoms with Crippen molar-refractivity contribution in [3.63, 3.8) is 0 Å². The largest absolute Gasteiger partial charge is 0.490 e. The molecule has 0 aliphatic heterocycles. The van der Waals surface area contributed by atoms with Gasteiger partial charge in [0.05, 0.1) is 6.10 Å². The Morgan fingerprint density at radius 3 is 2.25 bits per heavy atom. The van der Waals surface area contributed by atoms with Gasteiger partial charge in [0.2, 0.25) is 0 Å². The summed E-state index contributed by atoms with van der Waals surface area (Å²) in [6, 6.07) is 16.8. The van der Waals surface area contributed by atoms with Gasteiger partial charge in [0.1, 0.15) is 18.5 Å². The Kier molecular flexibility index (Phi) is 5.16. The summed E-state index contributed by atoms with van der Waals surface area (Å²) in [5, 5.41) is 20.0. The van der Waals surface area contributed by atoms with Crippen LogP contribution in [-0.2, 0) is 0 Å². The fraction of sp³-hybridized carbons (Fsp3) is 0.294. The Morgan fingerprint density at radius 2 is 1.55 bits per heavy atom. The van der Waals surface area contributed by atoms with Gasteiger partial charge in [-0.1, -0.05) is 55.5 Å². The quantitative estimate of drug-likeness (QED) is 0.848. The van der Waals surface area contributed by atoms with Crippen LogP contribution in [0.3, 0.4) is 0 Å². The number of benzene rings is 2. The maximum absolute atomic E-state index is 10.1. The van der Waals surface area contributed by atoms with E-state index in [1.165, 1.54) is 0 Å². The summed E-state index contributed by atoms with van der Waals surface area (Å²) >= 11 is 0. The average molecular weight is 272 g/mol. The molecule has 3 nitrogen and oxygen atoms in total. The third-order valence-electron chi connectivity index (χ3n) is 3.25. The van der Waals surface area contributed by atoms with Crippen LogP contribution in [0.25, 0.3) is 0 Å². The lowest BCUT2D eigenvalue weighted by atomic mass is 10.1. The molecule has 2 atom stereocenters. The third-order valence-corrected chi connectivity index (χ3v) is 3.25. The highest BCUT2D eigenvalue weighted by atomic mass is 16.5. The van der Waals surface area contributed by atoms with Gasteiger partial charge in [0, 0.05) is 5.56 Å². The molecule has 0 aromatic heterocycles. The van der Waals surface area contributed by atoms with Gasteiger partial charge in [-0.05, 0) is 18.1 Å². The molecule has 0 radical (unpaired) electrons. The van der Waals surface area contributed by atoms with Crippen molar-refractivity contribution in [3.05, 3.63) is 65.7 Å². The zero-order chi connectivity index (χ0) is 14.4. The maximum Gasteiger partial charge on any atom is 0.125 e. The molecular weight excluding hydrogens is 252 g/mol. The van der Waals surface area contributed by atoms with E-state index in [0.717, 1.165) is 11.1 Å². The minimum Gasteiger partial charge on any atom is -0.490 e. The molecule has 0 saturated heterocycles. The van der Waals surface area contributed by atoms with Gasteiger partial charge in [-0.15, -0.1) is 0 Å². The van der Waals surface area contributed by atoms with Crippen molar-refractivity contribution >= 4 is 0 Å². The second-order valence-corrected chi connectivity index (χ2v) is 4.70. The minimum atomic E-state index is -0.678. The first kappa shape index (κ1) is 14.6. The number of ether oxygens (including phenoxy) is 1. The normalized spacial score (nSPS) is 13.8. The fourth-order valence-corrected chi connectivity index (χ4v) is 2.05. The van der Waals surface area contributed by atoms with Crippen LogP contribution >= 0.6 is 0 Å². The van der Waals surface area contributed by atoms with E-state index in [0.29, 0.717) is 12.2 Å². The number of hydrogen-bond donors (Lipinski definition) is 2. The summed E-state index contributed by atoms with van der Waals surface area (Å²) in [5.41, 5.74) is 1.58. The minimum absolute atomic E-state index is 0.164. The zero-order valence-corrected chi connectivity index (χ0v) is 11.6. The molecule has 3 heteroatoms. The van der Waals surface area contributed by atoms with Crippen LogP contribution in [0.15, 0.2) is 54.6 Å². The van der Waals surface area contributed by atoms with Crippen LogP contribution in [0.2, 0.25) is 0 Å². The first-order chi connectivity index (χ1) is 9.72. The highest BCUT2D eigenvalue weighted by molar-refractivity contribution is 5.35. The number of rotatable bonds is 6. The van der Waals surface area contributed by atoms with Crippen LogP contribution in [0.5, 0.6) is 5.75 Å². The monoisotopic (exact) mass is 272 g/mol. The van der Waals surface area contributed by atoms with E-state index in [-0.39, 0.29) is 6.61 Å². The van der Waals surface area contributed by atoms with E-state index in [1.54, 1.807) is 0 Å². The molecule has 106 valence electrons. The molecule has 20 heavy (non-hydrogen) atoms. The molecule has 2 aromatic carbocycles. The number of para-hydroxylation sites is 1. The molecule has 2 aromatic rings. The smallest absolute Gasteiger partial charge is 0.125 e. The first-order valence-electron chi connectivity index (χ1n) is 6.85. The van der Waals surface area contributed by atoms with Crippen molar-refractivity contribution in [3.8, 4) is 5.75 Å². The third kappa shape index (κ3) is 3.59. The van der Waals surface area contributed by atoms with Gasteiger partial charge in [-0.3, -0.25) is 0 Å². The molecule has 2 rings (SSSR count). The highest BCUT2D eigenvalue weighted by Crippen LogP contribution is 2.27. The van der Waals surface area contributed by atoms with Crippen LogP contribution in [0.1, 0.15) is 36.7 Å². The van der Waals surface area contributed by atoms with Crippen LogP contribution < -0.4 is 4.74 Å². The molecule has 0 spiro atoms. The van der Waals surface area contributed by atoms with Crippen molar-refractivity contribution in [1.82, 2.24) is 0 Å². The predicted octanol–water partition coefficient (Wildman–Crippen LogP) is 3.24. The van der Waals surface area contributed by atoms with Crippen molar-refractivity contribution in [1.29, 1.82) is 0 Å². The summed E-state index contributed by atoms with van der Waals surface area (Å²) in [4.78, 5) is 0. The van der Waals surface area contributed by atoms with E-state index < -0.39 is 12.2 Å². The van der Waals surface area contributed by atoms with Gasteiger partial charge in [-0.2, -0.15) is 0 Å². The summed E-state index contributed by atoms with van der Waals surface area (Å²) in [5.74, 6) is 0.622. The standard InChI is InChI=1S/C17H20O3/c1-2-15(18)14-10-6-7-11-17(14)20-12-16(19)13-8-4-3-5-9-13/h3-11,15-16,18-19H,2,12H2,1H3. The van der Waals surface area contributed by atoms with E-state index in [9.17, 15) is 10.2 Å². The molecule has 0 amide bonds. The Bertz CT molecular complexity index is 525. The van der Waals surface area contributed by atoms with Crippen molar-refractivity contribution < 1.29 is 14.9 Å². The van der Waals surface area contributed by atoms with Crippen LogP contribution in [-0.4, -0.2) is 16.8 Å². The SMILES string of the molecule is CCC(O)c1ccccc1OCC(O)c1ccccc1. The summed E-state index contributed by atoms with van der Waals surface area (Å²) in [7, 11) is 0. The van der Waals surface area contributed by atoms with Gasteiger partial charge >= 0.3 is 0 Å². The number of hydrogen-bond acceptors (Lipinski definition) is 3. The molecular formula is C17H20O3. The first-order valence-corrected chi connectivity index (χ1v) is 6.85. The van der Waals surface area contributed by atoms with Gasteiger partial charge in [-0.25, -0.2) is 0 Å². The molecule has 0 fully saturated rings. The summed E-state index contributed by atoms with van der Waals surface area (Å²) in [6.45, 7) is 2.08. The second-order valence-electron chi connectivity index (χ2n) is 4.70. The summed E-state index contributed by atoms with van der Waals surface area (Å²) in [6.07, 6.45) is -0.593. The Labute approximate surface area is 119 Å². The van der Waals surface area contributed by atoms with Crippen LogP contribution in [0.4, 0.5) is 0 Å². The fourth-order valence-electron chi connectivity index (χ4n) is 2.05. The zero-order valence-electron chi connectivity index (χ0n) is 11.6. The molecule has 0 saturated carbocycles. The lowest BCUT2D eigenvalue weighted by Crippen LogP contribution is -2.11. The molecule has 0 heterocycles. The Hall–Kier alpha value is -1.84. The summed E-state index contributed by atoms with van der Waals surface area (Å²) < 4.78 is 5.67. The van der Waals surface area contributed by atoms with Gasteiger partial charge in [0.25, 0.3) is 0 Å². The molecule has 2 unspecified atom stereocenters.